The van der Waals surface area contributed by atoms with E-state index in [4.69, 9.17) is 4.99 Å². The molecule has 0 spiro atoms. The zero-order chi connectivity index (χ0) is 21.7. The lowest BCUT2D eigenvalue weighted by atomic mass is 9.73. The van der Waals surface area contributed by atoms with Crippen LogP contribution in [0.1, 0.15) is 91.8 Å². The minimum atomic E-state index is -0.121. The van der Waals surface area contributed by atoms with Gasteiger partial charge in [-0.25, -0.2) is 0 Å². The zero-order valence-corrected chi connectivity index (χ0v) is 20.1. The first kappa shape index (κ1) is 22.9. The molecule has 2 atom stereocenters. The van der Waals surface area contributed by atoms with Crippen molar-refractivity contribution in [2.75, 3.05) is 14.1 Å². The Hall–Kier alpha value is -1.35. The number of phenols is 1. The van der Waals surface area contributed by atoms with Crippen LogP contribution in [0.5, 0.6) is 5.75 Å². The predicted molar refractivity (Wildman–Crippen MR) is 122 cm³/mol. The summed E-state index contributed by atoms with van der Waals surface area (Å²) in [6.07, 6.45) is 4.13. The van der Waals surface area contributed by atoms with Crippen molar-refractivity contribution in [2.45, 2.75) is 97.6 Å². The van der Waals surface area contributed by atoms with E-state index in [-0.39, 0.29) is 27.8 Å². The summed E-state index contributed by atoms with van der Waals surface area (Å²) in [4.78, 5) is 7.36. The van der Waals surface area contributed by atoms with Gasteiger partial charge in [-0.3, -0.25) is 4.99 Å². The molecule has 28 heavy (non-hydrogen) atoms. The van der Waals surface area contributed by atoms with Crippen LogP contribution in [0.15, 0.2) is 17.1 Å². The molecule has 1 aliphatic rings. The minimum Gasteiger partial charge on any atom is -0.507 e. The average Bonchev–Trinajstić information content (AvgIpc) is 2.75. The molecule has 1 saturated carbocycles. The van der Waals surface area contributed by atoms with Gasteiger partial charge in [-0.15, -0.1) is 0 Å². The van der Waals surface area contributed by atoms with E-state index >= 15 is 0 Å². The highest BCUT2D eigenvalue weighted by Gasteiger charge is 2.52. The Balaban J connectivity index is 2.49. The van der Waals surface area contributed by atoms with Crippen LogP contribution >= 0.6 is 0 Å². The van der Waals surface area contributed by atoms with Crippen LogP contribution in [-0.4, -0.2) is 41.9 Å². The summed E-state index contributed by atoms with van der Waals surface area (Å²) in [5.74, 6) is 0.371. The Bertz CT molecular complexity index is 747. The van der Waals surface area contributed by atoms with Crippen molar-refractivity contribution in [3.8, 4) is 5.75 Å². The quantitative estimate of drug-likeness (QED) is 0.655. The number of aromatic hydroxyl groups is 1. The van der Waals surface area contributed by atoms with Gasteiger partial charge in [0.2, 0.25) is 0 Å². The molecule has 0 radical (unpaired) electrons. The van der Waals surface area contributed by atoms with Gasteiger partial charge in [0.15, 0.2) is 0 Å². The van der Waals surface area contributed by atoms with Gasteiger partial charge in [0.1, 0.15) is 5.75 Å². The van der Waals surface area contributed by atoms with E-state index in [0.29, 0.717) is 5.75 Å². The van der Waals surface area contributed by atoms with E-state index in [2.05, 4.69) is 93.4 Å². The number of hydrogen-bond acceptors (Lipinski definition) is 3. The second-order valence-electron chi connectivity index (χ2n) is 11.7. The molecule has 2 rings (SSSR count). The average molecular weight is 387 g/mol. The van der Waals surface area contributed by atoms with E-state index in [1.54, 1.807) is 0 Å². The lowest BCUT2D eigenvalue weighted by molar-refractivity contribution is 0.0568. The summed E-state index contributed by atoms with van der Waals surface area (Å²) in [5, 5.41) is 11.0. The summed E-state index contributed by atoms with van der Waals surface area (Å²) >= 11 is 0. The second-order valence-corrected chi connectivity index (χ2v) is 11.7. The van der Waals surface area contributed by atoms with Crippen LogP contribution in [0.25, 0.3) is 0 Å². The number of phenolic OH excluding ortho intramolecular Hbond substituents is 1. The first-order chi connectivity index (χ1) is 12.5. The van der Waals surface area contributed by atoms with Gasteiger partial charge < -0.3 is 10.0 Å². The van der Waals surface area contributed by atoms with Gasteiger partial charge in [-0.05, 0) is 56.3 Å². The Morgan fingerprint density at radius 3 is 2.04 bits per heavy atom. The van der Waals surface area contributed by atoms with Crippen molar-refractivity contribution in [1.29, 1.82) is 0 Å². The van der Waals surface area contributed by atoms with Crippen molar-refractivity contribution in [3.05, 3.63) is 28.8 Å². The topological polar surface area (TPSA) is 35.8 Å². The summed E-state index contributed by atoms with van der Waals surface area (Å²) in [5.41, 5.74) is 3.16. The van der Waals surface area contributed by atoms with Crippen LogP contribution in [0.4, 0.5) is 0 Å². The molecule has 1 N–H and O–H groups in total. The predicted octanol–water partition coefficient (Wildman–Crippen LogP) is 5.92. The van der Waals surface area contributed by atoms with E-state index in [0.717, 1.165) is 24.0 Å². The monoisotopic (exact) mass is 386 g/mol. The van der Waals surface area contributed by atoms with E-state index < -0.39 is 0 Å². The van der Waals surface area contributed by atoms with Gasteiger partial charge >= 0.3 is 0 Å². The molecular formula is C25H42N2O. The highest BCUT2D eigenvalue weighted by molar-refractivity contribution is 5.85. The lowest BCUT2D eigenvalue weighted by Gasteiger charge is -2.45. The Labute approximate surface area is 173 Å². The third-order valence-electron chi connectivity index (χ3n) is 7.32. The molecule has 158 valence electrons. The Morgan fingerprint density at radius 1 is 1.04 bits per heavy atom. The maximum absolute atomic E-state index is 11.0. The van der Waals surface area contributed by atoms with Crippen molar-refractivity contribution in [2.24, 2.45) is 10.4 Å². The maximum atomic E-state index is 11.0. The third kappa shape index (κ3) is 4.01. The summed E-state index contributed by atoms with van der Waals surface area (Å²) in [6, 6.07) is 4.52. The fourth-order valence-electron chi connectivity index (χ4n) is 4.45. The molecule has 3 heteroatoms. The first-order valence-electron chi connectivity index (χ1n) is 10.6. The molecule has 0 bridgehead atoms. The highest BCUT2D eigenvalue weighted by atomic mass is 16.3. The molecule has 0 aromatic heterocycles. The number of aliphatic imine (C=N–C) groups is 1. The van der Waals surface area contributed by atoms with E-state index in [1.165, 1.54) is 5.56 Å². The van der Waals surface area contributed by atoms with E-state index in [1.807, 2.05) is 6.21 Å². The third-order valence-corrected chi connectivity index (χ3v) is 7.32. The van der Waals surface area contributed by atoms with Crippen molar-refractivity contribution in [3.63, 3.8) is 0 Å². The maximum Gasteiger partial charge on any atom is 0.128 e. The summed E-state index contributed by atoms with van der Waals surface area (Å²) in [7, 11) is 4.34. The smallest absolute Gasteiger partial charge is 0.128 e. The molecule has 0 amide bonds. The van der Waals surface area contributed by atoms with Gasteiger partial charge in [-0.1, -0.05) is 61.5 Å². The molecule has 1 fully saturated rings. The van der Waals surface area contributed by atoms with Gasteiger partial charge in [-0.2, -0.15) is 0 Å². The first-order valence-corrected chi connectivity index (χ1v) is 10.6. The number of hydrogen-bond donors (Lipinski definition) is 1. The van der Waals surface area contributed by atoms with Crippen LogP contribution in [0.2, 0.25) is 0 Å². The number of nitrogens with zero attached hydrogens (tertiary/aromatic N) is 2. The van der Waals surface area contributed by atoms with Crippen LogP contribution in [0, 0.1) is 5.41 Å². The molecule has 3 nitrogen and oxygen atoms in total. The molecule has 0 saturated heterocycles. The molecular weight excluding hydrogens is 344 g/mol. The van der Waals surface area contributed by atoms with Crippen molar-refractivity contribution in [1.82, 2.24) is 4.90 Å². The SMILES string of the molecule is CN(C)[C@@]1(C)CC[C@H](N=Cc2cc(C(C)(C)C)cc(C(C)(C)C)c2O)C1(C)C. The standard InChI is InChI=1S/C25H42N2O/c1-22(2,3)18-14-17(21(28)19(15-18)23(4,5)6)16-26-20-12-13-25(9,27(10)11)24(20,7)8/h14-16,20,28H,12-13H2,1-11H3/t20-,25-/m0/s1. The van der Waals surface area contributed by atoms with E-state index in [9.17, 15) is 5.11 Å². The molecule has 1 aromatic rings. The fraction of sp³-hybridized carbons (Fsp3) is 0.720. The Kier molecular flexibility index (Phi) is 5.87. The zero-order valence-electron chi connectivity index (χ0n) is 20.1. The molecule has 0 unspecified atom stereocenters. The number of rotatable bonds is 3. The molecule has 0 aliphatic heterocycles. The second kappa shape index (κ2) is 7.16. The van der Waals surface area contributed by atoms with Crippen LogP contribution in [-0.2, 0) is 10.8 Å². The number of benzene rings is 1. The lowest BCUT2D eigenvalue weighted by Crippen LogP contribution is -2.52. The van der Waals surface area contributed by atoms with Crippen LogP contribution in [0.3, 0.4) is 0 Å². The highest BCUT2D eigenvalue weighted by Crippen LogP contribution is 2.50. The normalized spacial score (nSPS) is 25.8. The fourth-order valence-corrected chi connectivity index (χ4v) is 4.45. The van der Waals surface area contributed by atoms with Gasteiger partial charge in [0.05, 0.1) is 6.04 Å². The van der Waals surface area contributed by atoms with Crippen molar-refractivity contribution >= 4 is 6.21 Å². The van der Waals surface area contributed by atoms with Gasteiger partial charge in [0.25, 0.3) is 0 Å². The largest absolute Gasteiger partial charge is 0.507 e. The van der Waals surface area contributed by atoms with Gasteiger partial charge in [0, 0.05) is 28.3 Å². The molecule has 1 aliphatic carbocycles. The Morgan fingerprint density at radius 2 is 1.61 bits per heavy atom. The molecule has 1 aromatic carbocycles. The van der Waals surface area contributed by atoms with Crippen molar-refractivity contribution < 1.29 is 5.11 Å². The summed E-state index contributed by atoms with van der Waals surface area (Å²) in [6.45, 7) is 20.1. The minimum absolute atomic E-state index is 0.0203. The summed E-state index contributed by atoms with van der Waals surface area (Å²) < 4.78 is 0. The molecule has 0 heterocycles. The van der Waals surface area contributed by atoms with Crippen LogP contribution < -0.4 is 0 Å².